The Morgan fingerprint density at radius 3 is 2.48 bits per heavy atom. The Labute approximate surface area is 158 Å². The van der Waals surface area contributed by atoms with Gasteiger partial charge in [-0.2, -0.15) is 0 Å². The lowest BCUT2D eigenvalue weighted by Gasteiger charge is -2.11. The van der Waals surface area contributed by atoms with E-state index in [1.807, 2.05) is 57.2 Å². The minimum atomic E-state index is -0.303. The van der Waals surface area contributed by atoms with Crippen LogP contribution >= 0.6 is 0 Å². The lowest BCUT2D eigenvalue weighted by atomic mass is 10.2. The van der Waals surface area contributed by atoms with Crippen molar-refractivity contribution in [3.05, 3.63) is 72.1 Å². The number of hydrogen-bond donors (Lipinski definition) is 2. The van der Waals surface area contributed by atoms with E-state index in [0.717, 1.165) is 17.0 Å². The average Bonchev–Trinajstić information content (AvgIpc) is 2.65. The highest BCUT2D eigenvalue weighted by Gasteiger charge is 2.10. The maximum atomic E-state index is 12.5. The van der Waals surface area contributed by atoms with Gasteiger partial charge in [0.15, 0.2) is 0 Å². The Balaban J connectivity index is 1.69. The van der Waals surface area contributed by atoms with E-state index < -0.39 is 0 Å². The molecule has 138 valence electrons. The van der Waals surface area contributed by atoms with Gasteiger partial charge in [-0.15, -0.1) is 0 Å². The highest BCUT2D eigenvalue weighted by Crippen LogP contribution is 2.19. The third kappa shape index (κ3) is 5.04. The van der Waals surface area contributed by atoms with E-state index in [-0.39, 0.29) is 17.7 Å². The minimum Gasteiger partial charge on any atom is -0.491 e. The van der Waals surface area contributed by atoms with Gasteiger partial charge in [-0.05, 0) is 62.7 Å². The maximum absolute atomic E-state index is 12.5. The first-order valence-electron chi connectivity index (χ1n) is 8.75. The number of amides is 1. The molecule has 27 heavy (non-hydrogen) atoms. The van der Waals surface area contributed by atoms with Crippen LogP contribution in [0.15, 0.2) is 60.8 Å². The molecule has 1 amide bonds. The zero-order valence-electron chi connectivity index (χ0n) is 15.6. The molecule has 0 aliphatic rings. The Kier molecular flexibility index (Phi) is 5.66. The van der Waals surface area contributed by atoms with Gasteiger partial charge < -0.3 is 15.4 Å². The molecule has 6 nitrogen and oxygen atoms in total. The van der Waals surface area contributed by atoms with Crippen LogP contribution in [0.1, 0.15) is 29.9 Å². The van der Waals surface area contributed by atoms with Gasteiger partial charge in [-0.3, -0.25) is 4.79 Å². The average molecular weight is 362 g/mol. The summed E-state index contributed by atoms with van der Waals surface area (Å²) in [6.07, 6.45) is 1.66. The number of ether oxygens (including phenoxy) is 1. The van der Waals surface area contributed by atoms with Crippen LogP contribution in [0.2, 0.25) is 0 Å². The number of aryl methyl sites for hydroxylation is 1. The first-order valence-corrected chi connectivity index (χ1v) is 8.75. The first-order chi connectivity index (χ1) is 13.0. The SMILES string of the molecule is Cc1ccccc1Nc1nccc(C(=O)Nc2ccc(OC(C)C)cc2)n1. The highest BCUT2D eigenvalue weighted by atomic mass is 16.5. The molecular weight excluding hydrogens is 340 g/mol. The largest absolute Gasteiger partial charge is 0.491 e. The van der Waals surface area contributed by atoms with Crippen LogP contribution in [0.4, 0.5) is 17.3 Å². The summed E-state index contributed by atoms with van der Waals surface area (Å²) < 4.78 is 5.60. The summed E-state index contributed by atoms with van der Waals surface area (Å²) in [6, 6.07) is 16.6. The summed E-state index contributed by atoms with van der Waals surface area (Å²) >= 11 is 0. The van der Waals surface area contributed by atoms with Crippen molar-refractivity contribution in [2.45, 2.75) is 26.9 Å². The molecule has 3 aromatic rings. The van der Waals surface area contributed by atoms with Crippen molar-refractivity contribution in [1.29, 1.82) is 0 Å². The Hall–Kier alpha value is -3.41. The van der Waals surface area contributed by atoms with Crippen LogP contribution in [0.3, 0.4) is 0 Å². The van der Waals surface area contributed by atoms with Crippen LogP contribution in [0.25, 0.3) is 0 Å². The molecule has 0 aliphatic carbocycles. The van der Waals surface area contributed by atoms with E-state index in [0.29, 0.717) is 11.6 Å². The number of carbonyl (C=O) groups excluding carboxylic acids is 1. The summed E-state index contributed by atoms with van der Waals surface area (Å²) in [4.78, 5) is 21.0. The Morgan fingerprint density at radius 1 is 1.04 bits per heavy atom. The maximum Gasteiger partial charge on any atom is 0.274 e. The fourth-order valence-corrected chi connectivity index (χ4v) is 2.46. The second-order valence-electron chi connectivity index (χ2n) is 6.35. The number of benzene rings is 2. The summed E-state index contributed by atoms with van der Waals surface area (Å²) in [7, 11) is 0. The molecule has 1 heterocycles. The van der Waals surface area contributed by atoms with Crippen molar-refractivity contribution >= 4 is 23.2 Å². The molecule has 0 atom stereocenters. The van der Waals surface area contributed by atoms with E-state index >= 15 is 0 Å². The molecule has 2 aromatic carbocycles. The minimum absolute atomic E-state index is 0.102. The standard InChI is InChI=1S/C21H22N4O2/c1-14(2)27-17-10-8-16(9-11-17)23-20(26)19-12-13-22-21(25-19)24-18-7-5-4-6-15(18)3/h4-14H,1-3H3,(H,23,26)(H,22,24,25). The van der Waals surface area contributed by atoms with Crippen LogP contribution in [-0.4, -0.2) is 22.0 Å². The first kappa shape index (κ1) is 18.4. The third-order valence-corrected chi connectivity index (χ3v) is 3.76. The van der Waals surface area contributed by atoms with Crippen molar-refractivity contribution in [3.8, 4) is 5.75 Å². The normalized spacial score (nSPS) is 10.5. The van der Waals surface area contributed by atoms with Gasteiger partial charge in [0, 0.05) is 17.6 Å². The molecule has 3 rings (SSSR count). The van der Waals surface area contributed by atoms with Gasteiger partial charge in [0.05, 0.1) is 6.10 Å². The van der Waals surface area contributed by atoms with Gasteiger partial charge in [-0.25, -0.2) is 9.97 Å². The lowest BCUT2D eigenvalue weighted by molar-refractivity contribution is 0.102. The van der Waals surface area contributed by atoms with Gasteiger partial charge in [0.2, 0.25) is 5.95 Å². The van der Waals surface area contributed by atoms with Crippen LogP contribution in [0, 0.1) is 6.92 Å². The summed E-state index contributed by atoms with van der Waals surface area (Å²) in [5.41, 5.74) is 2.92. The van der Waals surface area contributed by atoms with Crippen LogP contribution in [-0.2, 0) is 0 Å². The van der Waals surface area contributed by atoms with Crippen molar-refractivity contribution in [1.82, 2.24) is 9.97 Å². The molecule has 0 radical (unpaired) electrons. The predicted octanol–water partition coefficient (Wildman–Crippen LogP) is 4.57. The molecule has 1 aromatic heterocycles. The van der Waals surface area contributed by atoms with Gasteiger partial charge >= 0.3 is 0 Å². The number of anilines is 3. The highest BCUT2D eigenvalue weighted by molar-refractivity contribution is 6.03. The topological polar surface area (TPSA) is 76.1 Å². The van der Waals surface area contributed by atoms with E-state index in [4.69, 9.17) is 4.74 Å². The van der Waals surface area contributed by atoms with Crippen molar-refractivity contribution in [3.63, 3.8) is 0 Å². The van der Waals surface area contributed by atoms with Crippen LogP contribution in [0.5, 0.6) is 5.75 Å². The summed E-state index contributed by atoms with van der Waals surface area (Å²) in [6.45, 7) is 5.92. The van der Waals surface area contributed by atoms with Crippen molar-refractivity contribution in [2.75, 3.05) is 10.6 Å². The van der Waals surface area contributed by atoms with E-state index in [2.05, 4.69) is 20.6 Å². The number of carbonyl (C=O) groups is 1. The van der Waals surface area contributed by atoms with E-state index in [1.54, 1.807) is 24.4 Å². The molecule has 0 bridgehead atoms. The fourth-order valence-electron chi connectivity index (χ4n) is 2.46. The zero-order valence-corrected chi connectivity index (χ0v) is 15.6. The molecule has 0 fully saturated rings. The van der Waals surface area contributed by atoms with Gasteiger partial charge in [0.25, 0.3) is 5.91 Å². The van der Waals surface area contributed by atoms with Gasteiger partial charge in [0.1, 0.15) is 11.4 Å². The number of para-hydroxylation sites is 1. The molecule has 0 aliphatic heterocycles. The molecule has 0 saturated carbocycles. The summed E-state index contributed by atoms with van der Waals surface area (Å²) in [5.74, 6) is 0.829. The fraction of sp³-hybridized carbons (Fsp3) is 0.190. The van der Waals surface area contributed by atoms with Crippen LogP contribution < -0.4 is 15.4 Å². The third-order valence-electron chi connectivity index (χ3n) is 3.76. The Morgan fingerprint density at radius 2 is 1.78 bits per heavy atom. The zero-order chi connectivity index (χ0) is 19.2. The second-order valence-corrected chi connectivity index (χ2v) is 6.35. The van der Waals surface area contributed by atoms with Gasteiger partial charge in [-0.1, -0.05) is 18.2 Å². The Bertz CT molecular complexity index is 923. The number of nitrogens with one attached hydrogen (secondary N) is 2. The second kappa shape index (κ2) is 8.31. The predicted molar refractivity (Wildman–Crippen MR) is 107 cm³/mol. The van der Waals surface area contributed by atoms with E-state index in [1.165, 1.54) is 0 Å². The number of aromatic nitrogens is 2. The molecule has 6 heteroatoms. The smallest absolute Gasteiger partial charge is 0.274 e. The number of nitrogens with zero attached hydrogens (tertiary/aromatic N) is 2. The van der Waals surface area contributed by atoms with Crippen molar-refractivity contribution in [2.24, 2.45) is 0 Å². The number of rotatable bonds is 6. The molecule has 0 saturated heterocycles. The summed E-state index contributed by atoms with van der Waals surface area (Å²) in [5, 5.41) is 5.97. The monoisotopic (exact) mass is 362 g/mol. The quantitative estimate of drug-likeness (QED) is 0.672. The molecule has 0 spiro atoms. The molecular formula is C21H22N4O2. The van der Waals surface area contributed by atoms with Crippen molar-refractivity contribution < 1.29 is 9.53 Å². The molecule has 0 unspecified atom stereocenters. The van der Waals surface area contributed by atoms with E-state index in [9.17, 15) is 4.79 Å². The number of hydrogen-bond acceptors (Lipinski definition) is 5. The lowest BCUT2D eigenvalue weighted by Crippen LogP contribution is -2.15. The molecule has 2 N–H and O–H groups in total.